The molecule has 0 bridgehead atoms. The van der Waals surface area contributed by atoms with Crippen molar-refractivity contribution in [3.8, 4) is 11.5 Å². The number of anilines is 1. The van der Waals surface area contributed by atoms with Crippen molar-refractivity contribution < 1.29 is 4.79 Å². The van der Waals surface area contributed by atoms with Crippen LogP contribution in [-0.2, 0) is 24.1 Å². The number of imidazole rings is 1. The number of aryl methyl sites for hydroxylation is 1. The van der Waals surface area contributed by atoms with Crippen molar-refractivity contribution in [1.82, 2.24) is 20.2 Å². The molecule has 2 heterocycles. The van der Waals surface area contributed by atoms with Crippen LogP contribution in [0.4, 0.5) is 5.69 Å². The molecule has 140 valence electrons. The molecule has 27 heavy (non-hydrogen) atoms. The molecule has 2 aliphatic rings. The highest BCUT2D eigenvalue weighted by molar-refractivity contribution is 5.95. The van der Waals surface area contributed by atoms with Crippen molar-refractivity contribution in [2.24, 2.45) is 11.3 Å². The normalized spacial score (nSPS) is 23.2. The minimum absolute atomic E-state index is 0.0219. The molecule has 3 aromatic rings. The topological polar surface area (TPSA) is 77.7 Å². The van der Waals surface area contributed by atoms with Crippen LogP contribution in [0.2, 0.25) is 0 Å². The molecule has 6 nitrogen and oxygen atoms in total. The number of rotatable bonds is 3. The van der Waals surface area contributed by atoms with Gasteiger partial charge in [-0.05, 0) is 54.7 Å². The number of carbonyl (C=O) groups is 1. The van der Waals surface area contributed by atoms with Gasteiger partial charge in [0.2, 0.25) is 5.91 Å². The second-order valence-electron chi connectivity index (χ2n) is 8.48. The zero-order valence-corrected chi connectivity index (χ0v) is 16.3. The predicted molar refractivity (Wildman–Crippen MR) is 106 cm³/mol. The standard InChI is InChI=1S/C21H25N5O/c1-5-12-6-15-16(8-18(12)26(4)11(2)27)23-20(22-15)19-14-7-13-9-21(13,3)10-17(14)24-25-19/h6,8,13H,5,7,9-10H2,1-4H3,(H,22,23)(H,24,25)/t13-,21-/m1/s1. The summed E-state index contributed by atoms with van der Waals surface area (Å²) in [7, 11) is 1.81. The van der Waals surface area contributed by atoms with E-state index in [1.165, 1.54) is 17.7 Å². The molecule has 0 aliphatic heterocycles. The van der Waals surface area contributed by atoms with Gasteiger partial charge in [0, 0.05) is 30.9 Å². The van der Waals surface area contributed by atoms with Crippen LogP contribution < -0.4 is 4.90 Å². The first-order valence-electron chi connectivity index (χ1n) is 9.73. The number of hydrogen-bond acceptors (Lipinski definition) is 3. The molecule has 2 aliphatic carbocycles. The van der Waals surface area contributed by atoms with Crippen LogP contribution in [0.25, 0.3) is 22.6 Å². The van der Waals surface area contributed by atoms with Gasteiger partial charge in [0.15, 0.2) is 5.82 Å². The van der Waals surface area contributed by atoms with E-state index in [0.29, 0.717) is 5.41 Å². The Hall–Kier alpha value is -2.63. The number of aromatic nitrogens is 4. The fourth-order valence-electron chi connectivity index (χ4n) is 4.62. The third kappa shape index (κ3) is 2.42. The number of amides is 1. The average molecular weight is 363 g/mol. The first-order valence-corrected chi connectivity index (χ1v) is 9.73. The molecule has 0 unspecified atom stereocenters. The monoisotopic (exact) mass is 363 g/mol. The summed E-state index contributed by atoms with van der Waals surface area (Å²) in [5.41, 5.74) is 7.95. The van der Waals surface area contributed by atoms with Crippen molar-refractivity contribution in [3.63, 3.8) is 0 Å². The number of carbonyl (C=O) groups excluding carboxylic acids is 1. The van der Waals surface area contributed by atoms with E-state index in [2.05, 4.69) is 35.1 Å². The van der Waals surface area contributed by atoms with Gasteiger partial charge in [0.25, 0.3) is 0 Å². The van der Waals surface area contributed by atoms with E-state index in [4.69, 9.17) is 4.98 Å². The molecule has 0 radical (unpaired) electrons. The number of aromatic amines is 2. The lowest BCUT2D eigenvalue weighted by Gasteiger charge is -2.18. The van der Waals surface area contributed by atoms with Crippen molar-refractivity contribution >= 4 is 22.6 Å². The smallest absolute Gasteiger partial charge is 0.223 e. The second-order valence-corrected chi connectivity index (χ2v) is 8.48. The van der Waals surface area contributed by atoms with Gasteiger partial charge in [-0.15, -0.1) is 0 Å². The molecule has 0 spiro atoms. The van der Waals surface area contributed by atoms with E-state index in [-0.39, 0.29) is 5.91 Å². The molecule has 2 N–H and O–H groups in total. The highest BCUT2D eigenvalue weighted by atomic mass is 16.2. The number of H-pyrrole nitrogens is 2. The van der Waals surface area contributed by atoms with Gasteiger partial charge in [0.1, 0.15) is 5.69 Å². The van der Waals surface area contributed by atoms with Gasteiger partial charge in [-0.3, -0.25) is 9.89 Å². The van der Waals surface area contributed by atoms with Crippen LogP contribution in [0.3, 0.4) is 0 Å². The number of benzene rings is 1. The summed E-state index contributed by atoms with van der Waals surface area (Å²) < 4.78 is 0. The maximum atomic E-state index is 11.8. The SMILES string of the molecule is CCc1cc2[nH]c(-c3n[nH]c4c3C[C@@H]3C[C@]3(C)C4)nc2cc1N(C)C(C)=O. The minimum atomic E-state index is 0.0219. The van der Waals surface area contributed by atoms with E-state index < -0.39 is 0 Å². The Bertz CT molecular complexity index is 1080. The van der Waals surface area contributed by atoms with Gasteiger partial charge in [0.05, 0.1) is 11.0 Å². The molecular formula is C21H25N5O. The van der Waals surface area contributed by atoms with Crippen LogP contribution in [0.1, 0.15) is 44.0 Å². The summed E-state index contributed by atoms with van der Waals surface area (Å²) in [4.78, 5) is 21.8. The summed E-state index contributed by atoms with van der Waals surface area (Å²) in [5.74, 6) is 1.62. The molecule has 5 rings (SSSR count). The zero-order valence-electron chi connectivity index (χ0n) is 16.3. The number of fused-ring (bicyclic) bond motifs is 3. The summed E-state index contributed by atoms with van der Waals surface area (Å²) >= 11 is 0. The lowest BCUT2D eigenvalue weighted by atomic mass is 9.88. The summed E-state index contributed by atoms with van der Waals surface area (Å²) in [6.45, 7) is 6.07. The maximum absolute atomic E-state index is 11.8. The molecule has 6 heteroatoms. The lowest BCUT2D eigenvalue weighted by Crippen LogP contribution is -2.24. The average Bonchev–Trinajstić information content (AvgIpc) is 2.95. The summed E-state index contributed by atoms with van der Waals surface area (Å²) in [5, 5.41) is 7.85. The van der Waals surface area contributed by atoms with Gasteiger partial charge in [-0.1, -0.05) is 13.8 Å². The van der Waals surface area contributed by atoms with Gasteiger partial charge >= 0.3 is 0 Å². The van der Waals surface area contributed by atoms with Gasteiger partial charge in [-0.25, -0.2) is 4.98 Å². The van der Waals surface area contributed by atoms with Crippen molar-refractivity contribution in [3.05, 3.63) is 29.0 Å². The predicted octanol–water partition coefficient (Wildman–Crippen LogP) is 3.62. The maximum Gasteiger partial charge on any atom is 0.223 e. The minimum Gasteiger partial charge on any atom is -0.337 e. The van der Waals surface area contributed by atoms with Gasteiger partial charge < -0.3 is 9.88 Å². The number of nitrogens with zero attached hydrogens (tertiary/aromatic N) is 3. The fraction of sp³-hybridized carbons (Fsp3) is 0.476. The molecule has 1 saturated carbocycles. The Balaban J connectivity index is 1.59. The molecule has 0 saturated heterocycles. The van der Waals surface area contributed by atoms with E-state index in [9.17, 15) is 4.79 Å². The van der Waals surface area contributed by atoms with E-state index in [1.54, 1.807) is 11.8 Å². The third-order valence-electron chi connectivity index (χ3n) is 6.64. The van der Waals surface area contributed by atoms with Crippen LogP contribution in [-0.4, -0.2) is 33.1 Å². The third-order valence-corrected chi connectivity index (χ3v) is 6.64. The second kappa shape index (κ2) is 5.44. The van der Waals surface area contributed by atoms with Crippen molar-refractivity contribution in [2.75, 3.05) is 11.9 Å². The molecule has 1 amide bonds. The highest BCUT2D eigenvalue weighted by Gasteiger charge is 2.53. The molecule has 1 aromatic carbocycles. The molecular weight excluding hydrogens is 338 g/mol. The Morgan fingerprint density at radius 2 is 2.22 bits per heavy atom. The largest absolute Gasteiger partial charge is 0.337 e. The van der Waals surface area contributed by atoms with Gasteiger partial charge in [-0.2, -0.15) is 5.10 Å². The molecule has 2 aromatic heterocycles. The zero-order chi connectivity index (χ0) is 18.9. The van der Waals surface area contributed by atoms with E-state index in [0.717, 1.165) is 59.0 Å². The Morgan fingerprint density at radius 1 is 1.41 bits per heavy atom. The molecule has 2 atom stereocenters. The molecule has 1 fully saturated rings. The highest BCUT2D eigenvalue weighted by Crippen LogP contribution is 2.59. The summed E-state index contributed by atoms with van der Waals surface area (Å²) in [6, 6.07) is 4.12. The Kier molecular flexibility index (Phi) is 3.33. The van der Waals surface area contributed by atoms with Crippen LogP contribution >= 0.6 is 0 Å². The first kappa shape index (κ1) is 16.5. The van der Waals surface area contributed by atoms with Crippen molar-refractivity contribution in [2.45, 2.75) is 46.5 Å². The Labute approximate surface area is 158 Å². The summed E-state index contributed by atoms with van der Waals surface area (Å²) in [6.07, 6.45) is 4.35. The fourth-order valence-corrected chi connectivity index (χ4v) is 4.62. The van der Waals surface area contributed by atoms with Crippen LogP contribution in [0.15, 0.2) is 12.1 Å². The Morgan fingerprint density at radius 3 is 2.96 bits per heavy atom. The number of hydrogen-bond donors (Lipinski definition) is 2. The van der Waals surface area contributed by atoms with Crippen molar-refractivity contribution in [1.29, 1.82) is 0 Å². The number of nitrogens with one attached hydrogen (secondary N) is 2. The van der Waals surface area contributed by atoms with Crippen LogP contribution in [0.5, 0.6) is 0 Å². The first-order chi connectivity index (χ1) is 12.9. The van der Waals surface area contributed by atoms with Crippen LogP contribution in [0, 0.1) is 11.3 Å². The van der Waals surface area contributed by atoms with E-state index >= 15 is 0 Å². The van der Waals surface area contributed by atoms with E-state index in [1.807, 2.05) is 13.1 Å². The lowest BCUT2D eigenvalue weighted by molar-refractivity contribution is -0.116. The quantitative estimate of drug-likeness (QED) is 0.746.